The Morgan fingerprint density at radius 3 is 1.50 bits per heavy atom. The monoisotopic (exact) mass is 932 g/mol. The Labute approximate surface area is 418 Å². The van der Waals surface area contributed by atoms with E-state index in [0.29, 0.717) is 0 Å². The number of benzene rings is 10. The first kappa shape index (κ1) is 41.5. The Balaban J connectivity index is 0.868. The summed E-state index contributed by atoms with van der Waals surface area (Å²) in [4.78, 5) is 7.68. The van der Waals surface area contributed by atoms with E-state index in [-0.39, 0.29) is 10.8 Å². The average molecular weight is 933 g/mol. The topological polar surface area (TPSA) is 8.17 Å². The van der Waals surface area contributed by atoms with Crippen LogP contribution in [0.1, 0.15) is 49.9 Å². The van der Waals surface area contributed by atoms with Gasteiger partial charge in [0.1, 0.15) is 0 Å². The maximum Gasteiger partial charge on any atom is 0.0692 e. The molecular formula is C66H48N2S2. The van der Waals surface area contributed by atoms with E-state index < -0.39 is 0 Å². The fourth-order valence-electron chi connectivity index (χ4n) is 11.9. The number of rotatable bonds is 6. The molecule has 0 radical (unpaired) electrons. The quantitative estimate of drug-likeness (QED) is 0.164. The van der Waals surface area contributed by atoms with Crippen molar-refractivity contribution in [2.24, 2.45) is 0 Å². The first-order valence-electron chi connectivity index (χ1n) is 24.3. The van der Waals surface area contributed by atoms with Crippen molar-refractivity contribution in [2.45, 2.75) is 58.1 Å². The molecule has 0 atom stereocenters. The zero-order valence-corrected chi connectivity index (χ0v) is 41.1. The van der Waals surface area contributed by atoms with E-state index in [0.717, 1.165) is 22.7 Å². The number of fused-ring (bicyclic) bond motifs is 12. The van der Waals surface area contributed by atoms with Crippen molar-refractivity contribution in [3.05, 3.63) is 241 Å². The third-order valence-corrected chi connectivity index (χ3v) is 18.1. The van der Waals surface area contributed by atoms with Crippen LogP contribution in [0.4, 0.5) is 17.1 Å². The van der Waals surface area contributed by atoms with Gasteiger partial charge in [-0.05, 0) is 146 Å². The third-order valence-electron chi connectivity index (χ3n) is 15.5. The van der Waals surface area contributed by atoms with E-state index in [1.54, 1.807) is 0 Å². The molecule has 3 aliphatic rings. The van der Waals surface area contributed by atoms with Crippen LogP contribution in [0, 0.1) is 0 Å². The molecule has 0 unspecified atom stereocenters. The van der Waals surface area contributed by atoms with E-state index in [4.69, 9.17) is 0 Å². The average Bonchev–Trinajstić information content (AvgIpc) is 3.94. The lowest BCUT2D eigenvalue weighted by molar-refractivity contribution is 0.660. The predicted molar refractivity (Wildman–Crippen MR) is 296 cm³/mol. The predicted octanol–water partition coefficient (Wildman–Crippen LogP) is 18.8. The van der Waals surface area contributed by atoms with Crippen LogP contribution >= 0.6 is 23.5 Å². The van der Waals surface area contributed by atoms with Crippen LogP contribution in [0.2, 0.25) is 0 Å². The fraction of sp³-hybridized carbons (Fsp3) is 0.0909. The molecule has 2 aliphatic carbocycles. The summed E-state index contributed by atoms with van der Waals surface area (Å²) < 4.78 is 2.55. The molecule has 70 heavy (non-hydrogen) atoms. The number of aromatic nitrogens is 1. The number of nitrogens with zero attached hydrogens (tertiary/aromatic N) is 2. The van der Waals surface area contributed by atoms with Gasteiger partial charge in [-0.1, -0.05) is 191 Å². The van der Waals surface area contributed by atoms with Gasteiger partial charge in [0.2, 0.25) is 0 Å². The number of hydrogen-bond donors (Lipinski definition) is 0. The summed E-state index contributed by atoms with van der Waals surface area (Å²) in [6, 6.07) is 81.5. The van der Waals surface area contributed by atoms with Gasteiger partial charge in [0.15, 0.2) is 0 Å². The molecule has 0 spiro atoms. The summed E-state index contributed by atoms with van der Waals surface area (Å²) in [5, 5.41) is 2.60. The van der Waals surface area contributed by atoms with Crippen molar-refractivity contribution in [2.75, 3.05) is 4.90 Å². The largest absolute Gasteiger partial charge is 0.310 e. The number of anilines is 3. The highest BCUT2D eigenvalue weighted by Gasteiger charge is 2.38. The molecule has 2 nitrogen and oxygen atoms in total. The molecule has 14 rings (SSSR count). The summed E-state index contributed by atoms with van der Waals surface area (Å²) in [7, 11) is 0. The highest BCUT2D eigenvalue weighted by atomic mass is 32.2. The second-order valence-corrected chi connectivity index (χ2v) is 22.2. The minimum Gasteiger partial charge on any atom is -0.310 e. The lowest BCUT2D eigenvalue weighted by Gasteiger charge is -2.28. The Hall–Kier alpha value is -7.50. The van der Waals surface area contributed by atoms with Gasteiger partial charge in [0.25, 0.3) is 0 Å². The van der Waals surface area contributed by atoms with E-state index in [1.165, 1.54) is 108 Å². The minimum absolute atomic E-state index is 0.0852. The Bertz CT molecular complexity index is 3920. The summed E-state index contributed by atoms with van der Waals surface area (Å²) in [5.74, 6) is 0. The summed E-state index contributed by atoms with van der Waals surface area (Å²) in [5.41, 5.74) is 22.5. The van der Waals surface area contributed by atoms with Crippen LogP contribution in [-0.2, 0) is 10.8 Å². The second-order valence-electron chi connectivity index (χ2n) is 20.1. The van der Waals surface area contributed by atoms with E-state index >= 15 is 0 Å². The van der Waals surface area contributed by atoms with Crippen LogP contribution < -0.4 is 4.90 Å². The molecular weight excluding hydrogens is 885 g/mol. The van der Waals surface area contributed by atoms with E-state index in [9.17, 15) is 0 Å². The summed E-state index contributed by atoms with van der Waals surface area (Å²) >= 11 is 3.80. The molecule has 0 bridgehead atoms. The molecule has 10 aromatic carbocycles. The molecule has 4 heteroatoms. The van der Waals surface area contributed by atoms with Gasteiger partial charge in [-0.2, -0.15) is 0 Å². The zero-order valence-electron chi connectivity index (χ0n) is 39.5. The normalized spacial score (nSPS) is 14.4. The minimum atomic E-state index is -0.106. The van der Waals surface area contributed by atoms with Crippen molar-refractivity contribution in [1.82, 2.24) is 4.57 Å². The van der Waals surface area contributed by atoms with Crippen molar-refractivity contribution in [3.63, 3.8) is 0 Å². The molecule has 0 saturated carbocycles. The Morgan fingerprint density at radius 2 is 0.857 bits per heavy atom. The second kappa shape index (κ2) is 15.5. The van der Waals surface area contributed by atoms with E-state index in [1.807, 2.05) is 23.5 Å². The molecule has 1 aliphatic heterocycles. The summed E-state index contributed by atoms with van der Waals surface area (Å²) in [6.07, 6.45) is 0. The van der Waals surface area contributed by atoms with Gasteiger partial charge >= 0.3 is 0 Å². The van der Waals surface area contributed by atoms with Gasteiger partial charge in [-0.25, -0.2) is 0 Å². The van der Waals surface area contributed by atoms with Crippen molar-refractivity contribution >= 4 is 62.4 Å². The maximum absolute atomic E-state index is 2.55. The van der Waals surface area contributed by atoms with Crippen molar-refractivity contribution in [1.29, 1.82) is 0 Å². The summed E-state index contributed by atoms with van der Waals surface area (Å²) in [6.45, 7) is 9.48. The van der Waals surface area contributed by atoms with Crippen LogP contribution in [0.25, 0.3) is 72.0 Å². The molecule has 0 amide bonds. The highest BCUT2D eigenvalue weighted by Crippen LogP contribution is 2.56. The maximum atomic E-state index is 2.55. The van der Waals surface area contributed by atoms with Crippen molar-refractivity contribution < 1.29 is 0 Å². The first-order chi connectivity index (χ1) is 34.2. The fourth-order valence-corrected chi connectivity index (χ4v) is 14.2. The standard InChI is InChI=1S/C66H48N2S2/c1-65(2)55-18-10-8-16-49(55)51-35-34-48(38-57(51)65)67(45-28-22-42(23-29-45)41-14-6-5-7-15-41)46-30-24-43(25-31-46)44-26-32-47(33-27-44)68-59-40-53-50-17-9-11-19-56(50)66(3,4)58(53)39-54(59)52-36-37-62-64(63(52)68)70-61-21-13-12-20-60(61)69-62/h5-40H,1-4H3. The SMILES string of the molecule is CC1(C)c2ccccc2-c2ccc(N(c3ccc(-c4ccccc4)cc3)c3ccc(-c4ccc(-n5c6cc7c(cc6c6ccc8c(c65)Sc5ccccc5S8)C(C)(C)c5ccccc5-7)cc4)cc3)cc21. The molecule has 1 aromatic heterocycles. The van der Waals surface area contributed by atoms with Gasteiger partial charge in [-0.3, -0.25) is 0 Å². The molecule has 0 saturated heterocycles. The first-order valence-corrected chi connectivity index (χ1v) is 26.0. The molecule has 0 fully saturated rings. The Kier molecular flexibility index (Phi) is 9.18. The van der Waals surface area contributed by atoms with Gasteiger partial charge < -0.3 is 9.47 Å². The van der Waals surface area contributed by atoms with Crippen molar-refractivity contribution in [3.8, 4) is 50.2 Å². The van der Waals surface area contributed by atoms with Crippen LogP contribution in [-0.4, -0.2) is 4.57 Å². The van der Waals surface area contributed by atoms with Gasteiger partial charge in [-0.15, -0.1) is 0 Å². The van der Waals surface area contributed by atoms with Gasteiger partial charge in [0.05, 0.1) is 15.9 Å². The Morgan fingerprint density at radius 1 is 0.357 bits per heavy atom. The molecule has 0 N–H and O–H groups in total. The zero-order chi connectivity index (χ0) is 46.9. The van der Waals surface area contributed by atoms with Crippen LogP contribution in [0.5, 0.6) is 0 Å². The highest BCUT2D eigenvalue weighted by molar-refractivity contribution is 8.05. The van der Waals surface area contributed by atoms with Crippen LogP contribution in [0.3, 0.4) is 0 Å². The molecule has 11 aromatic rings. The molecule has 334 valence electrons. The lowest BCUT2D eigenvalue weighted by Crippen LogP contribution is -2.16. The van der Waals surface area contributed by atoms with E-state index in [2.05, 4.69) is 256 Å². The smallest absolute Gasteiger partial charge is 0.0692 e. The molecule has 2 heterocycles. The lowest BCUT2D eigenvalue weighted by atomic mass is 9.82. The van der Waals surface area contributed by atoms with Gasteiger partial charge in [0, 0.05) is 59.0 Å². The number of hydrogen-bond acceptors (Lipinski definition) is 3. The van der Waals surface area contributed by atoms with Crippen LogP contribution in [0.15, 0.2) is 238 Å². The third kappa shape index (κ3) is 6.22.